The van der Waals surface area contributed by atoms with Crippen LogP contribution < -0.4 is 5.73 Å². The Balaban J connectivity index is 2.25. The third-order valence-corrected chi connectivity index (χ3v) is 2.46. The van der Waals surface area contributed by atoms with E-state index in [4.69, 9.17) is 15.4 Å². The molecule has 0 amide bonds. The summed E-state index contributed by atoms with van der Waals surface area (Å²) in [4.78, 5) is 14.3. The molecule has 1 heterocycles. The minimum Gasteiger partial charge on any atom is -0.480 e. The maximum Gasteiger partial charge on any atom is 0.321 e. The average molecular weight is 217 g/mol. The summed E-state index contributed by atoms with van der Waals surface area (Å²) in [5, 5.41) is 12.1. The molecule has 7 heteroatoms. The normalized spacial score (nSPS) is 12.7. The monoisotopic (exact) mass is 217 g/mol. The quantitative estimate of drug-likeness (QED) is 0.716. The molecule has 1 rings (SSSR count). The third kappa shape index (κ3) is 3.35. The van der Waals surface area contributed by atoms with E-state index in [1.54, 1.807) is 6.92 Å². The molecule has 3 N–H and O–H groups in total. The van der Waals surface area contributed by atoms with E-state index in [2.05, 4.69) is 10.1 Å². The lowest BCUT2D eigenvalue weighted by Gasteiger charge is -2.03. The van der Waals surface area contributed by atoms with E-state index in [0.29, 0.717) is 23.2 Å². The van der Waals surface area contributed by atoms with Gasteiger partial charge in [-0.1, -0.05) is 5.16 Å². The van der Waals surface area contributed by atoms with E-state index in [1.165, 1.54) is 11.8 Å². The van der Waals surface area contributed by atoms with Gasteiger partial charge in [0.1, 0.15) is 6.04 Å². The van der Waals surface area contributed by atoms with Crippen molar-refractivity contribution >= 4 is 17.7 Å². The fraction of sp³-hybridized carbons (Fsp3) is 0.571. The van der Waals surface area contributed by atoms with E-state index >= 15 is 0 Å². The zero-order chi connectivity index (χ0) is 10.6. The largest absolute Gasteiger partial charge is 0.480 e. The highest BCUT2D eigenvalue weighted by molar-refractivity contribution is 7.98. The molecule has 0 aliphatic rings. The lowest BCUT2D eigenvalue weighted by atomic mass is 10.4. The number of hydrogen-bond acceptors (Lipinski definition) is 6. The lowest BCUT2D eigenvalue weighted by molar-refractivity contribution is -0.137. The molecule has 0 bridgehead atoms. The lowest BCUT2D eigenvalue weighted by Crippen LogP contribution is -2.32. The average Bonchev–Trinajstić information content (AvgIpc) is 2.51. The van der Waals surface area contributed by atoms with Gasteiger partial charge in [-0.2, -0.15) is 4.98 Å². The molecule has 0 saturated heterocycles. The predicted molar refractivity (Wildman–Crippen MR) is 50.8 cm³/mol. The van der Waals surface area contributed by atoms with Crippen molar-refractivity contribution in [2.45, 2.75) is 18.7 Å². The van der Waals surface area contributed by atoms with Crippen molar-refractivity contribution in [3.05, 3.63) is 11.7 Å². The molecule has 1 aromatic rings. The Morgan fingerprint density at radius 1 is 1.79 bits per heavy atom. The predicted octanol–water partition coefficient (Wildman–Crippen LogP) is 0.0231. The Bertz CT molecular complexity index is 315. The van der Waals surface area contributed by atoms with Crippen LogP contribution in [0.25, 0.3) is 0 Å². The summed E-state index contributed by atoms with van der Waals surface area (Å²) >= 11 is 1.35. The Morgan fingerprint density at radius 2 is 2.50 bits per heavy atom. The fourth-order valence-corrected chi connectivity index (χ4v) is 1.55. The van der Waals surface area contributed by atoms with Crippen molar-refractivity contribution in [2.75, 3.05) is 5.75 Å². The van der Waals surface area contributed by atoms with Gasteiger partial charge < -0.3 is 15.4 Å². The first-order valence-electron chi connectivity index (χ1n) is 3.95. The van der Waals surface area contributed by atoms with Crippen LogP contribution in [-0.2, 0) is 10.5 Å². The number of aromatic nitrogens is 2. The maximum absolute atomic E-state index is 10.4. The van der Waals surface area contributed by atoms with E-state index < -0.39 is 12.0 Å². The van der Waals surface area contributed by atoms with Crippen LogP contribution in [0.15, 0.2) is 4.52 Å². The first-order chi connectivity index (χ1) is 6.59. The summed E-state index contributed by atoms with van der Waals surface area (Å²) in [6.45, 7) is 1.72. The van der Waals surface area contributed by atoms with Crippen molar-refractivity contribution in [2.24, 2.45) is 5.73 Å². The number of thioether (sulfide) groups is 1. The van der Waals surface area contributed by atoms with Crippen LogP contribution in [0.5, 0.6) is 0 Å². The van der Waals surface area contributed by atoms with Gasteiger partial charge in [-0.05, 0) is 6.92 Å². The molecule has 0 fully saturated rings. The molecule has 0 aliphatic heterocycles. The molecule has 0 spiro atoms. The Kier molecular flexibility index (Phi) is 3.90. The van der Waals surface area contributed by atoms with Crippen LogP contribution in [0, 0.1) is 6.92 Å². The fourth-order valence-electron chi connectivity index (χ4n) is 0.743. The Labute approximate surface area is 84.9 Å². The second-order valence-electron chi connectivity index (χ2n) is 2.70. The second kappa shape index (κ2) is 4.97. The van der Waals surface area contributed by atoms with Crippen LogP contribution in [0.1, 0.15) is 11.7 Å². The van der Waals surface area contributed by atoms with Gasteiger partial charge >= 0.3 is 5.97 Å². The van der Waals surface area contributed by atoms with Gasteiger partial charge in [0.15, 0.2) is 5.82 Å². The number of aliphatic carboxylic acids is 1. The molecule has 14 heavy (non-hydrogen) atoms. The SMILES string of the molecule is Cc1noc(CSC[C@H](N)C(=O)O)n1. The number of nitrogens with two attached hydrogens (primary N) is 1. The molecule has 6 nitrogen and oxygen atoms in total. The topological polar surface area (TPSA) is 102 Å². The van der Waals surface area contributed by atoms with E-state index in [-0.39, 0.29) is 0 Å². The van der Waals surface area contributed by atoms with Crippen LogP contribution in [0.2, 0.25) is 0 Å². The summed E-state index contributed by atoms with van der Waals surface area (Å²) in [6, 6.07) is -0.844. The molecule has 78 valence electrons. The first kappa shape index (κ1) is 11.0. The highest BCUT2D eigenvalue weighted by atomic mass is 32.2. The smallest absolute Gasteiger partial charge is 0.321 e. The van der Waals surface area contributed by atoms with Gasteiger partial charge in [0.25, 0.3) is 0 Å². The van der Waals surface area contributed by atoms with Crippen molar-refractivity contribution in [3.8, 4) is 0 Å². The van der Waals surface area contributed by atoms with E-state index in [0.717, 1.165) is 0 Å². The van der Waals surface area contributed by atoms with Gasteiger partial charge in [-0.15, -0.1) is 11.8 Å². The minimum absolute atomic E-state index is 0.330. The number of nitrogens with zero attached hydrogens (tertiary/aromatic N) is 2. The molecule has 0 saturated carbocycles. The van der Waals surface area contributed by atoms with Crippen molar-refractivity contribution < 1.29 is 14.4 Å². The summed E-state index contributed by atoms with van der Waals surface area (Å²) in [7, 11) is 0. The zero-order valence-electron chi connectivity index (χ0n) is 7.64. The molecule has 1 aromatic heterocycles. The summed E-state index contributed by atoms with van der Waals surface area (Å²) in [6.07, 6.45) is 0. The van der Waals surface area contributed by atoms with Gasteiger partial charge in [-0.25, -0.2) is 0 Å². The maximum atomic E-state index is 10.4. The Morgan fingerprint density at radius 3 is 3.00 bits per heavy atom. The van der Waals surface area contributed by atoms with E-state index in [9.17, 15) is 4.79 Å². The van der Waals surface area contributed by atoms with Gasteiger partial charge in [0, 0.05) is 5.75 Å². The third-order valence-electron chi connectivity index (χ3n) is 1.41. The van der Waals surface area contributed by atoms with Crippen LogP contribution in [0.4, 0.5) is 0 Å². The van der Waals surface area contributed by atoms with Crippen LogP contribution >= 0.6 is 11.8 Å². The highest BCUT2D eigenvalue weighted by Gasteiger charge is 2.12. The van der Waals surface area contributed by atoms with Gasteiger partial charge in [0.2, 0.25) is 5.89 Å². The van der Waals surface area contributed by atoms with Gasteiger partial charge in [-0.3, -0.25) is 4.79 Å². The summed E-state index contributed by atoms with van der Waals surface area (Å²) < 4.78 is 4.84. The molecule has 0 radical (unpaired) electrons. The first-order valence-corrected chi connectivity index (χ1v) is 5.10. The van der Waals surface area contributed by atoms with Crippen molar-refractivity contribution in [3.63, 3.8) is 0 Å². The molecule has 0 unspecified atom stereocenters. The molecule has 1 atom stereocenters. The summed E-state index contributed by atoms with van der Waals surface area (Å²) in [5.74, 6) is 0.880. The van der Waals surface area contributed by atoms with Crippen molar-refractivity contribution in [1.82, 2.24) is 10.1 Å². The number of carboxylic acid groups (broad SMARTS) is 1. The molecular weight excluding hydrogens is 206 g/mol. The zero-order valence-corrected chi connectivity index (χ0v) is 8.45. The number of aryl methyl sites for hydroxylation is 1. The number of carboxylic acids is 1. The standard InChI is InChI=1S/C7H11N3O3S/c1-4-9-6(13-10-4)3-14-2-5(8)7(11)12/h5H,2-3,8H2,1H3,(H,11,12)/t5-/m0/s1. The number of rotatable bonds is 5. The van der Waals surface area contributed by atoms with Crippen molar-refractivity contribution in [1.29, 1.82) is 0 Å². The summed E-state index contributed by atoms with van der Waals surface area (Å²) in [5.41, 5.74) is 5.30. The highest BCUT2D eigenvalue weighted by Crippen LogP contribution is 2.10. The number of hydrogen-bond donors (Lipinski definition) is 2. The Hall–Kier alpha value is -1.08. The van der Waals surface area contributed by atoms with Crippen LogP contribution in [0.3, 0.4) is 0 Å². The molecular formula is C7H11N3O3S. The molecule has 0 aliphatic carbocycles. The molecule has 0 aromatic carbocycles. The van der Waals surface area contributed by atoms with Gasteiger partial charge in [0.05, 0.1) is 5.75 Å². The second-order valence-corrected chi connectivity index (χ2v) is 3.73. The minimum atomic E-state index is -1.00. The van der Waals surface area contributed by atoms with E-state index in [1.807, 2.05) is 0 Å². The van der Waals surface area contributed by atoms with Crippen LogP contribution in [-0.4, -0.2) is 33.0 Å². The number of carbonyl (C=O) groups is 1.